The predicted molar refractivity (Wildman–Crippen MR) is 60.2 cm³/mol. The van der Waals surface area contributed by atoms with E-state index in [0.29, 0.717) is 12.2 Å². The Balaban J connectivity index is 3.02. The second-order valence-corrected chi connectivity index (χ2v) is 3.70. The van der Waals surface area contributed by atoms with Crippen molar-refractivity contribution in [1.29, 1.82) is 0 Å². The standard InChI is InChI=1S/C12H19NO2/c1-5-7-10-8(3)11(9(4)13-10)12(14)15-6-2/h13H,5-7H2,1-4H3. The first-order chi connectivity index (χ1) is 7.11. The van der Waals surface area contributed by atoms with Crippen molar-refractivity contribution in [3.63, 3.8) is 0 Å². The zero-order valence-electron chi connectivity index (χ0n) is 9.94. The molecule has 3 heteroatoms. The van der Waals surface area contributed by atoms with Crippen molar-refractivity contribution >= 4 is 5.97 Å². The summed E-state index contributed by atoms with van der Waals surface area (Å²) >= 11 is 0. The number of H-pyrrole nitrogens is 1. The fourth-order valence-corrected chi connectivity index (χ4v) is 1.82. The monoisotopic (exact) mass is 209 g/mol. The van der Waals surface area contributed by atoms with Crippen LogP contribution in [0.15, 0.2) is 0 Å². The molecule has 0 fully saturated rings. The van der Waals surface area contributed by atoms with E-state index in [9.17, 15) is 4.79 Å². The van der Waals surface area contributed by atoms with Crippen LogP contribution >= 0.6 is 0 Å². The number of hydrogen-bond donors (Lipinski definition) is 1. The minimum absolute atomic E-state index is 0.217. The third-order valence-electron chi connectivity index (χ3n) is 2.52. The Morgan fingerprint density at radius 3 is 2.53 bits per heavy atom. The molecule has 0 unspecified atom stereocenters. The Morgan fingerprint density at radius 1 is 1.33 bits per heavy atom. The average Bonchev–Trinajstić information content (AvgIpc) is 2.43. The highest BCUT2D eigenvalue weighted by Gasteiger charge is 2.18. The van der Waals surface area contributed by atoms with Gasteiger partial charge in [-0.05, 0) is 32.8 Å². The molecule has 84 valence electrons. The zero-order chi connectivity index (χ0) is 11.4. The highest BCUT2D eigenvalue weighted by molar-refractivity contribution is 5.92. The molecule has 0 saturated heterocycles. The van der Waals surface area contributed by atoms with Gasteiger partial charge < -0.3 is 9.72 Å². The molecule has 1 heterocycles. The Labute approximate surface area is 90.8 Å². The van der Waals surface area contributed by atoms with E-state index >= 15 is 0 Å². The largest absolute Gasteiger partial charge is 0.462 e. The third-order valence-corrected chi connectivity index (χ3v) is 2.52. The van der Waals surface area contributed by atoms with Crippen LogP contribution in [0, 0.1) is 13.8 Å². The van der Waals surface area contributed by atoms with Gasteiger partial charge in [-0.15, -0.1) is 0 Å². The molecule has 1 N–H and O–H groups in total. The predicted octanol–water partition coefficient (Wildman–Crippen LogP) is 2.76. The van der Waals surface area contributed by atoms with Crippen molar-refractivity contribution in [3.8, 4) is 0 Å². The molecule has 0 spiro atoms. The smallest absolute Gasteiger partial charge is 0.340 e. The number of aromatic amines is 1. The van der Waals surface area contributed by atoms with E-state index in [2.05, 4.69) is 11.9 Å². The first kappa shape index (κ1) is 11.8. The molecule has 0 saturated carbocycles. The summed E-state index contributed by atoms with van der Waals surface area (Å²) < 4.78 is 5.02. The summed E-state index contributed by atoms with van der Waals surface area (Å²) in [7, 11) is 0. The fraction of sp³-hybridized carbons (Fsp3) is 0.583. The summed E-state index contributed by atoms with van der Waals surface area (Å²) in [4.78, 5) is 14.9. The number of aromatic nitrogens is 1. The second kappa shape index (κ2) is 5.01. The van der Waals surface area contributed by atoms with Gasteiger partial charge in [0.15, 0.2) is 0 Å². The van der Waals surface area contributed by atoms with Gasteiger partial charge in [-0.2, -0.15) is 0 Å². The molecule has 0 bridgehead atoms. The number of hydrogen-bond acceptors (Lipinski definition) is 2. The normalized spacial score (nSPS) is 10.4. The van der Waals surface area contributed by atoms with E-state index in [1.165, 1.54) is 0 Å². The van der Waals surface area contributed by atoms with E-state index in [1.54, 1.807) is 0 Å². The summed E-state index contributed by atoms with van der Waals surface area (Å²) in [5, 5.41) is 0. The molecule has 0 aliphatic carbocycles. The molecule has 1 aromatic heterocycles. The van der Waals surface area contributed by atoms with Crippen molar-refractivity contribution in [1.82, 2.24) is 4.98 Å². The molecular formula is C12H19NO2. The number of nitrogens with one attached hydrogen (secondary N) is 1. The lowest BCUT2D eigenvalue weighted by Crippen LogP contribution is -2.06. The van der Waals surface area contributed by atoms with Gasteiger partial charge >= 0.3 is 5.97 Å². The molecule has 0 aliphatic rings. The topological polar surface area (TPSA) is 42.1 Å². The second-order valence-electron chi connectivity index (χ2n) is 3.70. The van der Waals surface area contributed by atoms with Crippen molar-refractivity contribution in [2.45, 2.75) is 40.5 Å². The van der Waals surface area contributed by atoms with Crippen molar-refractivity contribution in [2.24, 2.45) is 0 Å². The molecule has 0 atom stereocenters. The van der Waals surface area contributed by atoms with Gasteiger partial charge in [0, 0.05) is 11.4 Å². The van der Waals surface area contributed by atoms with Gasteiger partial charge in [0.25, 0.3) is 0 Å². The minimum atomic E-state index is -0.217. The molecule has 15 heavy (non-hydrogen) atoms. The lowest BCUT2D eigenvalue weighted by atomic mass is 10.1. The van der Waals surface area contributed by atoms with Crippen LogP contribution in [0.3, 0.4) is 0 Å². The van der Waals surface area contributed by atoms with Gasteiger partial charge in [0.2, 0.25) is 0 Å². The van der Waals surface area contributed by atoms with E-state index < -0.39 is 0 Å². The number of carbonyl (C=O) groups is 1. The number of rotatable bonds is 4. The number of esters is 1. The lowest BCUT2D eigenvalue weighted by molar-refractivity contribution is 0.0525. The van der Waals surface area contributed by atoms with E-state index in [0.717, 1.165) is 29.8 Å². The number of ether oxygens (including phenoxy) is 1. The first-order valence-electron chi connectivity index (χ1n) is 5.46. The molecule has 3 nitrogen and oxygen atoms in total. The maximum Gasteiger partial charge on any atom is 0.340 e. The van der Waals surface area contributed by atoms with E-state index in [1.807, 2.05) is 20.8 Å². The Morgan fingerprint density at radius 2 is 2.00 bits per heavy atom. The molecular weight excluding hydrogens is 190 g/mol. The maximum atomic E-state index is 11.7. The summed E-state index contributed by atoms with van der Waals surface area (Å²) in [5.41, 5.74) is 3.81. The number of carbonyl (C=O) groups excluding carboxylic acids is 1. The Bertz CT molecular complexity index is 353. The molecule has 1 aromatic rings. The van der Waals surface area contributed by atoms with Crippen LogP contribution in [-0.2, 0) is 11.2 Å². The minimum Gasteiger partial charge on any atom is -0.462 e. The van der Waals surface area contributed by atoms with Crippen LogP contribution in [0.5, 0.6) is 0 Å². The molecule has 1 rings (SSSR count). The SMILES string of the molecule is CCCc1[nH]c(C)c(C(=O)OCC)c1C. The molecule has 0 aliphatic heterocycles. The van der Waals surface area contributed by atoms with Crippen LogP contribution in [0.4, 0.5) is 0 Å². The molecule has 0 aromatic carbocycles. The van der Waals surface area contributed by atoms with Crippen molar-refractivity contribution in [3.05, 3.63) is 22.5 Å². The van der Waals surface area contributed by atoms with Gasteiger partial charge in [0.1, 0.15) is 0 Å². The Kier molecular flexibility index (Phi) is 3.95. The summed E-state index contributed by atoms with van der Waals surface area (Å²) in [6.45, 7) is 8.26. The quantitative estimate of drug-likeness (QED) is 0.775. The average molecular weight is 209 g/mol. The lowest BCUT2D eigenvalue weighted by Gasteiger charge is -2.02. The van der Waals surface area contributed by atoms with Crippen molar-refractivity contribution in [2.75, 3.05) is 6.61 Å². The van der Waals surface area contributed by atoms with Crippen LogP contribution in [-0.4, -0.2) is 17.6 Å². The maximum absolute atomic E-state index is 11.7. The van der Waals surface area contributed by atoms with Gasteiger partial charge in [-0.25, -0.2) is 4.79 Å². The summed E-state index contributed by atoms with van der Waals surface area (Å²) in [5.74, 6) is -0.217. The number of aryl methyl sites for hydroxylation is 2. The zero-order valence-corrected chi connectivity index (χ0v) is 9.94. The van der Waals surface area contributed by atoms with Gasteiger partial charge in [-0.3, -0.25) is 0 Å². The first-order valence-corrected chi connectivity index (χ1v) is 5.46. The highest BCUT2D eigenvalue weighted by Crippen LogP contribution is 2.19. The van der Waals surface area contributed by atoms with Crippen LogP contribution in [0.25, 0.3) is 0 Å². The fourth-order valence-electron chi connectivity index (χ4n) is 1.82. The van der Waals surface area contributed by atoms with Gasteiger partial charge in [0.05, 0.1) is 12.2 Å². The highest BCUT2D eigenvalue weighted by atomic mass is 16.5. The van der Waals surface area contributed by atoms with Crippen molar-refractivity contribution < 1.29 is 9.53 Å². The van der Waals surface area contributed by atoms with Gasteiger partial charge in [-0.1, -0.05) is 13.3 Å². The van der Waals surface area contributed by atoms with Crippen LogP contribution in [0.1, 0.15) is 47.6 Å². The third kappa shape index (κ3) is 2.41. The van der Waals surface area contributed by atoms with Crippen LogP contribution in [0.2, 0.25) is 0 Å². The summed E-state index contributed by atoms with van der Waals surface area (Å²) in [6, 6.07) is 0. The van der Waals surface area contributed by atoms with E-state index in [-0.39, 0.29) is 5.97 Å². The summed E-state index contributed by atoms with van der Waals surface area (Å²) in [6.07, 6.45) is 2.05. The molecule has 0 amide bonds. The van der Waals surface area contributed by atoms with E-state index in [4.69, 9.17) is 4.74 Å². The molecule has 0 radical (unpaired) electrons. The van der Waals surface area contributed by atoms with Crippen LogP contribution < -0.4 is 0 Å². The Hall–Kier alpha value is -1.25.